The van der Waals surface area contributed by atoms with E-state index >= 15 is 0 Å². The molecule has 0 radical (unpaired) electrons. The lowest BCUT2D eigenvalue weighted by atomic mass is 9.94. The Kier molecular flexibility index (Phi) is 4.68. The van der Waals surface area contributed by atoms with Crippen molar-refractivity contribution in [2.24, 2.45) is 0 Å². The van der Waals surface area contributed by atoms with Gasteiger partial charge >= 0.3 is 0 Å². The summed E-state index contributed by atoms with van der Waals surface area (Å²) >= 11 is 0. The lowest BCUT2D eigenvalue weighted by Crippen LogP contribution is -2.32. The fraction of sp³-hybridized carbons (Fsp3) is 0.545. The van der Waals surface area contributed by atoms with E-state index < -0.39 is 5.60 Å². The average Bonchev–Trinajstić information content (AvgIpc) is 2.27. The molecule has 0 spiro atoms. The molecule has 0 atom stereocenters. The molecule has 0 amide bonds. The van der Waals surface area contributed by atoms with Gasteiger partial charge < -0.3 is 14.6 Å². The van der Waals surface area contributed by atoms with Gasteiger partial charge in [-0.25, -0.2) is 0 Å². The number of allylic oxidation sites excluding steroid dienone is 2. The third-order valence-electron chi connectivity index (χ3n) is 2.22. The minimum atomic E-state index is -0.605. The first-order valence-electron chi connectivity index (χ1n) is 4.88. The molecule has 84 valence electrons. The molecule has 0 aromatic carbocycles. The predicted octanol–water partition coefficient (Wildman–Crippen LogP) is 0.466. The Morgan fingerprint density at radius 2 is 2.00 bits per heavy atom. The molecule has 4 heteroatoms. The second kappa shape index (κ2) is 5.80. The van der Waals surface area contributed by atoms with Gasteiger partial charge in [-0.2, -0.15) is 0 Å². The largest absolute Gasteiger partial charge is 0.394 e. The van der Waals surface area contributed by atoms with Crippen LogP contribution in [0.3, 0.4) is 0 Å². The predicted molar refractivity (Wildman–Crippen MR) is 55.5 cm³/mol. The minimum absolute atomic E-state index is 0.0373. The maximum atomic E-state index is 11.0. The molecular formula is C11H16O4. The Balaban J connectivity index is 2.64. The Bertz CT molecular complexity index is 242. The number of rotatable bonds is 6. The maximum Gasteiger partial charge on any atom is 0.178 e. The topological polar surface area (TPSA) is 55.8 Å². The fourth-order valence-electron chi connectivity index (χ4n) is 1.39. The molecule has 1 aliphatic carbocycles. The van der Waals surface area contributed by atoms with Crippen molar-refractivity contribution >= 4 is 5.78 Å². The van der Waals surface area contributed by atoms with Crippen molar-refractivity contribution in [3.05, 3.63) is 24.3 Å². The number of carbonyl (C=O) groups excluding carboxylic acids is 1. The molecular weight excluding hydrogens is 196 g/mol. The van der Waals surface area contributed by atoms with Crippen LogP contribution in [-0.4, -0.2) is 43.4 Å². The number of aliphatic hydroxyl groups is 1. The number of hydrogen-bond acceptors (Lipinski definition) is 4. The maximum absolute atomic E-state index is 11.0. The van der Waals surface area contributed by atoms with E-state index in [9.17, 15) is 4.79 Å². The van der Waals surface area contributed by atoms with Crippen molar-refractivity contribution < 1.29 is 19.4 Å². The fourth-order valence-corrected chi connectivity index (χ4v) is 1.39. The number of methoxy groups -OCH3 is 1. The van der Waals surface area contributed by atoms with Crippen molar-refractivity contribution in [2.45, 2.75) is 12.0 Å². The summed E-state index contributed by atoms with van der Waals surface area (Å²) in [6, 6.07) is 0. The zero-order valence-corrected chi connectivity index (χ0v) is 8.81. The van der Waals surface area contributed by atoms with Crippen LogP contribution >= 0.6 is 0 Å². The van der Waals surface area contributed by atoms with Gasteiger partial charge in [0.1, 0.15) is 5.60 Å². The van der Waals surface area contributed by atoms with Gasteiger partial charge in [0.15, 0.2) is 5.78 Å². The smallest absolute Gasteiger partial charge is 0.178 e. The summed E-state index contributed by atoms with van der Waals surface area (Å²) in [5, 5.41) is 8.72. The summed E-state index contributed by atoms with van der Waals surface area (Å²) in [7, 11) is 1.61. The molecule has 0 aromatic heterocycles. The van der Waals surface area contributed by atoms with Gasteiger partial charge in [-0.05, 0) is 24.3 Å². The summed E-state index contributed by atoms with van der Waals surface area (Å²) in [6.07, 6.45) is 7.01. The third kappa shape index (κ3) is 3.58. The van der Waals surface area contributed by atoms with Crippen molar-refractivity contribution in [3.63, 3.8) is 0 Å². The molecule has 0 aliphatic heterocycles. The Hall–Kier alpha value is -0.970. The molecule has 15 heavy (non-hydrogen) atoms. The van der Waals surface area contributed by atoms with E-state index in [0.29, 0.717) is 13.0 Å². The normalized spacial score (nSPS) is 18.4. The van der Waals surface area contributed by atoms with Gasteiger partial charge in [0.25, 0.3) is 0 Å². The standard InChI is InChI=1S/C11H16O4/c1-14-8-6-11(15-9-7-12)4-2-10(13)3-5-11/h2-5,12H,6-9H2,1H3. The van der Waals surface area contributed by atoms with Crippen LogP contribution in [0.1, 0.15) is 6.42 Å². The summed E-state index contributed by atoms with van der Waals surface area (Å²) in [5.41, 5.74) is -0.605. The van der Waals surface area contributed by atoms with E-state index in [1.54, 1.807) is 19.3 Å². The van der Waals surface area contributed by atoms with Crippen LogP contribution < -0.4 is 0 Å². The van der Waals surface area contributed by atoms with E-state index in [-0.39, 0.29) is 19.0 Å². The molecule has 0 aromatic rings. The third-order valence-corrected chi connectivity index (χ3v) is 2.22. The van der Waals surface area contributed by atoms with Gasteiger partial charge in [-0.1, -0.05) is 0 Å². The quantitative estimate of drug-likeness (QED) is 0.695. The monoisotopic (exact) mass is 212 g/mol. The van der Waals surface area contributed by atoms with Gasteiger partial charge in [-0.15, -0.1) is 0 Å². The molecule has 0 unspecified atom stereocenters. The van der Waals surface area contributed by atoms with Gasteiger partial charge in [0.05, 0.1) is 13.2 Å². The van der Waals surface area contributed by atoms with Crippen LogP contribution in [0.5, 0.6) is 0 Å². The lowest BCUT2D eigenvalue weighted by molar-refractivity contribution is -0.111. The van der Waals surface area contributed by atoms with Crippen LogP contribution in [0.15, 0.2) is 24.3 Å². The van der Waals surface area contributed by atoms with Gasteiger partial charge in [-0.3, -0.25) is 4.79 Å². The summed E-state index contributed by atoms with van der Waals surface area (Å²) in [6.45, 7) is 0.741. The molecule has 0 saturated carbocycles. The van der Waals surface area contributed by atoms with Gasteiger partial charge in [0.2, 0.25) is 0 Å². The van der Waals surface area contributed by atoms with Gasteiger partial charge in [0, 0.05) is 20.1 Å². The van der Waals surface area contributed by atoms with Crippen LogP contribution in [0.25, 0.3) is 0 Å². The van der Waals surface area contributed by atoms with E-state index in [1.807, 2.05) is 0 Å². The Morgan fingerprint density at radius 3 is 2.53 bits per heavy atom. The molecule has 4 nitrogen and oxygen atoms in total. The zero-order valence-electron chi connectivity index (χ0n) is 8.81. The van der Waals surface area contributed by atoms with Crippen molar-refractivity contribution in [1.29, 1.82) is 0 Å². The summed E-state index contributed by atoms with van der Waals surface area (Å²) in [5.74, 6) is -0.0457. The minimum Gasteiger partial charge on any atom is -0.394 e. The molecule has 0 bridgehead atoms. The van der Waals surface area contributed by atoms with E-state index in [1.165, 1.54) is 12.2 Å². The Labute approximate surface area is 89.2 Å². The number of hydrogen-bond donors (Lipinski definition) is 1. The molecule has 0 heterocycles. The van der Waals surface area contributed by atoms with E-state index in [4.69, 9.17) is 14.6 Å². The van der Waals surface area contributed by atoms with Crippen LogP contribution in [0.4, 0.5) is 0 Å². The van der Waals surface area contributed by atoms with Crippen molar-refractivity contribution in [3.8, 4) is 0 Å². The highest BCUT2D eigenvalue weighted by Gasteiger charge is 2.26. The first kappa shape index (κ1) is 12.1. The Morgan fingerprint density at radius 1 is 1.33 bits per heavy atom. The molecule has 0 fully saturated rings. The molecule has 1 aliphatic rings. The molecule has 0 saturated heterocycles. The second-order valence-electron chi connectivity index (χ2n) is 3.34. The summed E-state index contributed by atoms with van der Waals surface area (Å²) in [4.78, 5) is 11.0. The number of carbonyl (C=O) groups is 1. The summed E-state index contributed by atoms with van der Waals surface area (Å²) < 4.78 is 10.5. The van der Waals surface area contributed by atoms with E-state index in [0.717, 1.165) is 0 Å². The molecule has 1 N–H and O–H groups in total. The molecule has 1 rings (SSSR count). The number of ketones is 1. The zero-order chi connectivity index (χ0) is 11.1. The SMILES string of the molecule is COCCC1(OCCO)C=CC(=O)C=C1. The highest BCUT2D eigenvalue weighted by molar-refractivity contribution is 6.00. The lowest BCUT2D eigenvalue weighted by Gasteiger charge is -2.28. The highest BCUT2D eigenvalue weighted by Crippen LogP contribution is 2.23. The van der Waals surface area contributed by atoms with Crippen LogP contribution in [0, 0.1) is 0 Å². The number of aliphatic hydroxyl groups excluding tert-OH is 1. The highest BCUT2D eigenvalue weighted by atomic mass is 16.5. The second-order valence-corrected chi connectivity index (χ2v) is 3.34. The van der Waals surface area contributed by atoms with Crippen LogP contribution in [-0.2, 0) is 14.3 Å². The average molecular weight is 212 g/mol. The first-order chi connectivity index (χ1) is 7.22. The number of ether oxygens (including phenoxy) is 2. The van der Waals surface area contributed by atoms with E-state index in [2.05, 4.69) is 0 Å². The van der Waals surface area contributed by atoms with Crippen LogP contribution in [0.2, 0.25) is 0 Å². The van der Waals surface area contributed by atoms with Crippen molar-refractivity contribution in [1.82, 2.24) is 0 Å². The van der Waals surface area contributed by atoms with Crippen molar-refractivity contribution in [2.75, 3.05) is 26.9 Å². The first-order valence-corrected chi connectivity index (χ1v) is 4.88.